The Morgan fingerprint density at radius 3 is 2.96 bits per heavy atom. The van der Waals surface area contributed by atoms with E-state index in [2.05, 4.69) is 15.3 Å². The number of fused-ring (bicyclic) bond motifs is 1. The fourth-order valence-electron chi connectivity index (χ4n) is 2.28. The number of rotatable bonds is 4. The predicted molar refractivity (Wildman–Crippen MR) is 87.8 cm³/mol. The first-order valence-corrected chi connectivity index (χ1v) is 7.15. The van der Waals surface area contributed by atoms with Crippen LogP contribution in [-0.4, -0.2) is 34.4 Å². The van der Waals surface area contributed by atoms with Crippen molar-refractivity contribution >= 4 is 17.1 Å². The molecule has 0 fully saturated rings. The molecule has 0 aliphatic rings. The lowest BCUT2D eigenvalue weighted by Crippen LogP contribution is -2.28. The van der Waals surface area contributed by atoms with Gasteiger partial charge in [0.2, 0.25) is 0 Å². The van der Waals surface area contributed by atoms with Crippen molar-refractivity contribution in [2.45, 2.75) is 6.54 Å². The molecule has 0 saturated heterocycles. The first-order valence-electron chi connectivity index (χ1n) is 7.15. The average molecular weight is 311 g/mol. The maximum Gasteiger partial charge on any atom is 0.330 e. The summed E-state index contributed by atoms with van der Waals surface area (Å²) in [6.45, 7) is 0.286. The van der Waals surface area contributed by atoms with Gasteiger partial charge in [0.05, 0.1) is 17.8 Å². The van der Waals surface area contributed by atoms with Crippen molar-refractivity contribution in [1.82, 2.24) is 19.7 Å². The third-order valence-corrected chi connectivity index (χ3v) is 3.52. The van der Waals surface area contributed by atoms with Gasteiger partial charge in [-0.3, -0.25) is 14.2 Å². The van der Waals surface area contributed by atoms with Gasteiger partial charge in [-0.1, -0.05) is 0 Å². The second kappa shape index (κ2) is 5.96. The van der Waals surface area contributed by atoms with Crippen LogP contribution in [-0.2, 0) is 6.54 Å². The minimum atomic E-state index is -0.345. The number of aromatic nitrogens is 3. The van der Waals surface area contributed by atoms with Gasteiger partial charge in [0.25, 0.3) is 5.91 Å². The van der Waals surface area contributed by atoms with Gasteiger partial charge < -0.3 is 15.2 Å². The van der Waals surface area contributed by atoms with E-state index in [1.165, 1.54) is 4.40 Å². The molecule has 7 heteroatoms. The number of carbonyl (C=O) groups excluding carboxylic acids is 1. The summed E-state index contributed by atoms with van der Waals surface area (Å²) in [5.41, 5.74) is 2.31. The molecule has 7 nitrogen and oxygen atoms in total. The normalized spacial score (nSPS) is 10.7. The minimum absolute atomic E-state index is 0.227. The van der Waals surface area contributed by atoms with Crippen LogP contribution in [0.25, 0.3) is 5.52 Å². The zero-order chi connectivity index (χ0) is 16.4. The van der Waals surface area contributed by atoms with Crippen LogP contribution in [0.15, 0.2) is 47.5 Å². The number of nitrogens with one attached hydrogen (secondary N) is 2. The summed E-state index contributed by atoms with van der Waals surface area (Å²) in [6, 6.07) is 8.96. The lowest BCUT2D eigenvalue weighted by molar-refractivity contribution is 0.0945. The first kappa shape index (κ1) is 14.8. The summed E-state index contributed by atoms with van der Waals surface area (Å²) in [7, 11) is 3.88. The van der Waals surface area contributed by atoms with Crippen LogP contribution in [0.2, 0.25) is 0 Å². The van der Waals surface area contributed by atoms with Gasteiger partial charge in [-0.2, -0.15) is 0 Å². The molecule has 0 aromatic carbocycles. The highest BCUT2D eigenvalue weighted by molar-refractivity contribution is 5.93. The Morgan fingerprint density at radius 1 is 1.35 bits per heavy atom. The van der Waals surface area contributed by atoms with Crippen LogP contribution in [0.1, 0.15) is 16.2 Å². The van der Waals surface area contributed by atoms with Gasteiger partial charge in [0, 0.05) is 32.2 Å². The van der Waals surface area contributed by atoms with E-state index in [0.717, 1.165) is 11.4 Å². The lowest BCUT2D eigenvalue weighted by Gasteiger charge is -2.13. The molecule has 0 unspecified atom stereocenters. The first-order chi connectivity index (χ1) is 11.0. The van der Waals surface area contributed by atoms with E-state index in [0.29, 0.717) is 5.52 Å². The van der Waals surface area contributed by atoms with Crippen LogP contribution < -0.4 is 15.9 Å². The van der Waals surface area contributed by atoms with Gasteiger partial charge >= 0.3 is 5.69 Å². The Kier molecular flexibility index (Phi) is 3.84. The SMILES string of the molecule is CN(C)c1ccnc(CNC(=O)c2cc3cccn3c(=O)[nH]2)c1. The molecule has 3 aromatic heterocycles. The van der Waals surface area contributed by atoms with Crippen molar-refractivity contribution in [3.05, 3.63) is 64.6 Å². The van der Waals surface area contributed by atoms with E-state index in [9.17, 15) is 9.59 Å². The number of pyridine rings is 1. The van der Waals surface area contributed by atoms with Crippen molar-refractivity contribution in [3.8, 4) is 0 Å². The summed E-state index contributed by atoms with van der Waals surface area (Å²) in [4.78, 5) is 32.9. The van der Waals surface area contributed by atoms with E-state index in [4.69, 9.17) is 0 Å². The summed E-state index contributed by atoms with van der Waals surface area (Å²) in [5, 5.41) is 2.77. The van der Waals surface area contributed by atoms with E-state index in [1.807, 2.05) is 31.1 Å². The van der Waals surface area contributed by atoms with Gasteiger partial charge in [0.15, 0.2) is 0 Å². The number of hydrogen-bond donors (Lipinski definition) is 2. The lowest BCUT2D eigenvalue weighted by atomic mass is 10.3. The number of amides is 1. The van der Waals surface area contributed by atoms with Crippen molar-refractivity contribution < 1.29 is 4.79 Å². The standard InChI is InChI=1S/C16H17N5O2/c1-20(2)12-5-6-17-11(8-12)10-18-15(22)14-9-13-4-3-7-21(13)16(23)19-14/h3-9H,10H2,1-2H3,(H,18,22)(H,19,23). The second-order valence-corrected chi connectivity index (χ2v) is 5.37. The molecule has 23 heavy (non-hydrogen) atoms. The van der Waals surface area contributed by atoms with Crippen LogP contribution in [0.3, 0.4) is 0 Å². The molecule has 0 saturated carbocycles. The summed E-state index contributed by atoms with van der Waals surface area (Å²) in [5.74, 6) is -0.345. The molecule has 2 N–H and O–H groups in total. The van der Waals surface area contributed by atoms with Gasteiger partial charge in [-0.15, -0.1) is 0 Å². The van der Waals surface area contributed by atoms with E-state index in [-0.39, 0.29) is 23.8 Å². The zero-order valence-corrected chi connectivity index (χ0v) is 12.9. The Labute approximate surface area is 132 Å². The van der Waals surface area contributed by atoms with Crippen LogP contribution in [0, 0.1) is 0 Å². The highest BCUT2D eigenvalue weighted by Crippen LogP contribution is 2.11. The predicted octanol–water partition coefficient (Wildman–Crippen LogP) is 1.02. The maximum absolute atomic E-state index is 12.2. The second-order valence-electron chi connectivity index (χ2n) is 5.37. The van der Waals surface area contributed by atoms with E-state index >= 15 is 0 Å². The molecule has 3 rings (SSSR count). The van der Waals surface area contributed by atoms with Crippen molar-refractivity contribution in [2.24, 2.45) is 0 Å². The molecule has 0 bridgehead atoms. The monoisotopic (exact) mass is 311 g/mol. The van der Waals surface area contributed by atoms with Crippen molar-refractivity contribution in [2.75, 3.05) is 19.0 Å². The quantitative estimate of drug-likeness (QED) is 0.753. The van der Waals surface area contributed by atoms with E-state index < -0.39 is 0 Å². The number of hydrogen-bond acceptors (Lipinski definition) is 4. The maximum atomic E-state index is 12.2. The molecule has 118 valence electrons. The molecule has 0 aliphatic heterocycles. The summed E-state index contributed by atoms with van der Waals surface area (Å²) >= 11 is 0. The smallest absolute Gasteiger partial charge is 0.330 e. The molecule has 0 atom stereocenters. The fraction of sp³-hybridized carbons (Fsp3) is 0.188. The van der Waals surface area contributed by atoms with Crippen LogP contribution >= 0.6 is 0 Å². The average Bonchev–Trinajstić information content (AvgIpc) is 3.02. The topological polar surface area (TPSA) is 82.5 Å². The van der Waals surface area contributed by atoms with Crippen LogP contribution in [0.5, 0.6) is 0 Å². The Hall–Kier alpha value is -3.09. The van der Waals surface area contributed by atoms with Gasteiger partial charge in [-0.25, -0.2) is 4.79 Å². The van der Waals surface area contributed by atoms with Gasteiger partial charge in [-0.05, 0) is 30.3 Å². The van der Waals surface area contributed by atoms with Crippen LogP contribution in [0.4, 0.5) is 5.69 Å². The number of aromatic amines is 1. The highest BCUT2D eigenvalue weighted by atomic mass is 16.2. The molecule has 3 aromatic rings. The Morgan fingerprint density at radius 2 is 2.17 bits per heavy atom. The molecular formula is C16H17N5O2. The number of anilines is 1. The van der Waals surface area contributed by atoms with Gasteiger partial charge in [0.1, 0.15) is 5.69 Å². The number of carbonyl (C=O) groups is 1. The fourth-order valence-corrected chi connectivity index (χ4v) is 2.28. The Bertz CT molecular complexity index is 910. The molecule has 0 spiro atoms. The summed E-state index contributed by atoms with van der Waals surface area (Å²) < 4.78 is 1.44. The molecule has 0 aliphatic carbocycles. The largest absolute Gasteiger partial charge is 0.378 e. The number of H-pyrrole nitrogens is 1. The molecule has 1 amide bonds. The van der Waals surface area contributed by atoms with E-state index in [1.54, 1.807) is 30.6 Å². The Balaban J connectivity index is 1.76. The minimum Gasteiger partial charge on any atom is -0.378 e. The zero-order valence-electron chi connectivity index (χ0n) is 12.9. The summed E-state index contributed by atoms with van der Waals surface area (Å²) in [6.07, 6.45) is 3.35. The third kappa shape index (κ3) is 3.08. The molecule has 3 heterocycles. The highest BCUT2D eigenvalue weighted by Gasteiger charge is 2.09. The molecular weight excluding hydrogens is 294 g/mol. The third-order valence-electron chi connectivity index (χ3n) is 3.52. The van der Waals surface area contributed by atoms with Crippen molar-refractivity contribution in [3.63, 3.8) is 0 Å². The number of nitrogens with zero attached hydrogens (tertiary/aromatic N) is 3. The molecule has 0 radical (unpaired) electrons. The van der Waals surface area contributed by atoms with Crippen molar-refractivity contribution in [1.29, 1.82) is 0 Å².